The number of hydrogen-bond donors (Lipinski definition) is 0. The van der Waals surface area contributed by atoms with Crippen LogP contribution in [0.3, 0.4) is 0 Å². The molecule has 2 rings (SSSR count). The molecule has 0 aliphatic carbocycles. The topological polar surface area (TPSA) is 20.3 Å². The fraction of sp³-hybridized carbons (Fsp3) is 0.357. The van der Waals surface area contributed by atoms with Gasteiger partial charge in [0.1, 0.15) is 0 Å². The summed E-state index contributed by atoms with van der Waals surface area (Å²) in [4.78, 5) is 13.9. The SMILES string of the molecule is CC(=O)/C(=C\N1CCCC1)c1ccccc1. The summed E-state index contributed by atoms with van der Waals surface area (Å²) in [7, 11) is 0. The Kier molecular flexibility index (Phi) is 3.40. The second-order valence-corrected chi connectivity index (χ2v) is 4.21. The van der Waals surface area contributed by atoms with E-state index in [1.54, 1.807) is 6.92 Å². The molecule has 0 unspecified atom stereocenters. The fourth-order valence-electron chi connectivity index (χ4n) is 2.04. The van der Waals surface area contributed by atoms with E-state index in [2.05, 4.69) is 4.90 Å². The third kappa shape index (κ3) is 2.51. The van der Waals surface area contributed by atoms with Crippen molar-refractivity contribution in [3.63, 3.8) is 0 Å². The van der Waals surface area contributed by atoms with E-state index < -0.39 is 0 Å². The van der Waals surface area contributed by atoms with Crippen LogP contribution in [0.1, 0.15) is 25.3 Å². The molecule has 0 spiro atoms. The summed E-state index contributed by atoms with van der Waals surface area (Å²) in [6.45, 7) is 3.78. The Balaban J connectivity index is 2.26. The lowest BCUT2D eigenvalue weighted by Crippen LogP contribution is -2.13. The van der Waals surface area contributed by atoms with Crippen molar-refractivity contribution in [3.8, 4) is 0 Å². The van der Waals surface area contributed by atoms with Crippen molar-refractivity contribution in [3.05, 3.63) is 42.1 Å². The molecular weight excluding hydrogens is 198 g/mol. The number of carbonyl (C=O) groups excluding carboxylic acids is 1. The highest BCUT2D eigenvalue weighted by Gasteiger charge is 2.12. The zero-order valence-corrected chi connectivity index (χ0v) is 9.65. The quantitative estimate of drug-likeness (QED) is 0.722. The number of benzene rings is 1. The van der Waals surface area contributed by atoms with Crippen LogP contribution < -0.4 is 0 Å². The highest BCUT2D eigenvalue weighted by atomic mass is 16.1. The van der Waals surface area contributed by atoms with Crippen LogP contribution in [0.5, 0.6) is 0 Å². The highest BCUT2D eigenvalue weighted by molar-refractivity contribution is 6.19. The molecule has 84 valence electrons. The molecule has 0 radical (unpaired) electrons. The lowest BCUT2D eigenvalue weighted by atomic mass is 10.0. The van der Waals surface area contributed by atoms with Crippen molar-refractivity contribution < 1.29 is 4.79 Å². The van der Waals surface area contributed by atoms with E-state index in [9.17, 15) is 4.79 Å². The molecule has 0 bridgehead atoms. The number of Topliss-reactive ketones (excluding diaryl/α,β-unsaturated/α-hetero) is 1. The maximum atomic E-state index is 11.6. The highest BCUT2D eigenvalue weighted by Crippen LogP contribution is 2.18. The smallest absolute Gasteiger partial charge is 0.161 e. The molecule has 1 aromatic carbocycles. The lowest BCUT2D eigenvalue weighted by molar-refractivity contribution is -0.111. The third-order valence-electron chi connectivity index (χ3n) is 2.92. The van der Waals surface area contributed by atoms with E-state index in [1.807, 2.05) is 36.5 Å². The molecule has 1 aliphatic heterocycles. The molecule has 0 amide bonds. The second kappa shape index (κ2) is 4.97. The molecule has 16 heavy (non-hydrogen) atoms. The standard InChI is InChI=1S/C14H17NO/c1-12(16)14(11-15-9-5-6-10-15)13-7-3-2-4-8-13/h2-4,7-8,11H,5-6,9-10H2,1H3/b14-11+. The molecule has 0 saturated carbocycles. The Morgan fingerprint density at radius 1 is 1.19 bits per heavy atom. The first-order valence-corrected chi connectivity index (χ1v) is 5.79. The Hall–Kier alpha value is -1.57. The number of rotatable bonds is 3. The van der Waals surface area contributed by atoms with E-state index in [4.69, 9.17) is 0 Å². The summed E-state index contributed by atoms with van der Waals surface area (Å²) in [6.07, 6.45) is 4.48. The first-order valence-electron chi connectivity index (χ1n) is 5.79. The number of ketones is 1. The largest absolute Gasteiger partial charge is 0.377 e. The number of hydrogen-bond acceptors (Lipinski definition) is 2. The summed E-state index contributed by atoms with van der Waals surface area (Å²) in [6, 6.07) is 9.88. The van der Waals surface area contributed by atoms with Crippen molar-refractivity contribution in [1.82, 2.24) is 4.90 Å². The Labute approximate surface area is 96.6 Å². The second-order valence-electron chi connectivity index (χ2n) is 4.21. The molecule has 2 nitrogen and oxygen atoms in total. The normalized spacial score (nSPS) is 16.6. The van der Waals surface area contributed by atoms with Crippen LogP contribution in [0.15, 0.2) is 36.5 Å². The summed E-state index contributed by atoms with van der Waals surface area (Å²) in [5, 5.41) is 0. The Bertz CT molecular complexity index is 388. The number of carbonyl (C=O) groups is 1. The molecule has 0 atom stereocenters. The zero-order valence-electron chi connectivity index (χ0n) is 9.65. The zero-order chi connectivity index (χ0) is 11.4. The Morgan fingerprint density at radius 2 is 1.81 bits per heavy atom. The van der Waals surface area contributed by atoms with Gasteiger partial charge in [0, 0.05) is 24.9 Å². The van der Waals surface area contributed by atoms with Gasteiger partial charge in [-0.15, -0.1) is 0 Å². The lowest BCUT2D eigenvalue weighted by Gasteiger charge is -2.14. The van der Waals surface area contributed by atoms with Gasteiger partial charge in [0.15, 0.2) is 5.78 Å². The first kappa shape index (κ1) is 10.9. The van der Waals surface area contributed by atoms with Gasteiger partial charge in [0.25, 0.3) is 0 Å². The minimum absolute atomic E-state index is 0.137. The summed E-state index contributed by atoms with van der Waals surface area (Å²) in [5.41, 5.74) is 1.84. The molecule has 1 aromatic rings. The molecule has 1 saturated heterocycles. The van der Waals surface area contributed by atoms with Crippen LogP contribution in [-0.4, -0.2) is 23.8 Å². The van der Waals surface area contributed by atoms with Crippen LogP contribution in [0.25, 0.3) is 5.57 Å². The van der Waals surface area contributed by atoms with Gasteiger partial charge in [-0.25, -0.2) is 0 Å². The minimum Gasteiger partial charge on any atom is -0.377 e. The van der Waals surface area contributed by atoms with Gasteiger partial charge in [0.05, 0.1) is 0 Å². The first-order chi connectivity index (χ1) is 7.77. The number of allylic oxidation sites excluding steroid dienone is 1. The van der Waals surface area contributed by atoms with Crippen LogP contribution in [-0.2, 0) is 4.79 Å². The van der Waals surface area contributed by atoms with Gasteiger partial charge in [0.2, 0.25) is 0 Å². The molecule has 0 N–H and O–H groups in total. The Morgan fingerprint density at radius 3 is 2.38 bits per heavy atom. The predicted octanol–water partition coefficient (Wildman–Crippen LogP) is 2.71. The molecule has 2 heteroatoms. The maximum absolute atomic E-state index is 11.6. The van der Waals surface area contributed by atoms with Gasteiger partial charge in [-0.2, -0.15) is 0 Å². The monoisotopic (exact) mass is 215 g/mol. The summed E-state index contributed by atoms with van der Waals surface area (Å²) in [5.74, 6) is 0.137. The molecule has 1 heterocycles. The summed E-state index contributed by atoms with van der Waals surface area (Å²) >= 11 is 0. The average molecular weight is 215 g/mol. The fourth-order valence-corrected chi connectivity index (χ4v) is 2.04. The van der Waals surface area contributed by atoms with E-state index in [-0.39, 0.29) is 5.78 Å². The van der Waals surface area contributed by atoms with Gasteiger partial charge < -0.3 is 4.90 Å². The van der Waals surface area contributed by atoms with E-state index in [0.717, 1.165) is 24.2 Å². The molecule has 1 aliphatic rings. The van der Waals surface area contributed by atoms with Crippen molar-refractivity contribution in [2.24, 2.45) is 0 Å². The van der Waals surface area contributed by atoms with Gasteiger partial charge in [-0.3, -0.25) is 4.79 Å². The summed E-state index contributed by atoms with van der Waals surface area (Å²) < 4.78 is 0. The van der Waals surface area contributed by atoms with Crippen LogP contribution >= 0.6 is 0 Å². The minimum atomic E-state index is 0.137. The van der Waals surface area contributed by atoms with Gasteiger partial charge in [-0.05, 0) is 25.3 Å². The molecule has 1 fully saturated rings. The molecule has 0 aromatic heterocycles. The average Bonchev–Trinajstić information content (AvgIpc) is 2.79. The van der Waals surface area contributed by atoms with E-state index in [1.165, 1.54) is 12.8 Å². The predicted molar refractivity (Wildman–Crippen MR) is 65.9 cm³/mol. The van der Waals surface area contributed by atoms with Crippen molar-refractivity contribution in [1.29, 1.82) is 0 Å². The molecular formula is C14H17NO. The van der Waals surface area contributed by atoms with E-state index in [0.29, 0.717) is 0 Å². The van der Waals surface area contributed by atoms with Crippen molar-refractivity contribution >= 4 is 11.4 Å². The van der Waals surface area contributed by atoms with Crippen molar-refractivity contribution in [2.45, 2.75) is 19.8 Å². The number of likely N-dealkylation sites (tertiary alicyclic amines) is 1. The van der Waals surface area contributed by atoms with Crippen molar-refractivity contribution in [2.75, 3.05) is 13.1 Å². The van der Waals surface area contributed by atoms with Gasteiger partial charge in [-0.1, -0.05) is 30.3 Å². The van der Waals surface area contributed by atoms with E-state index >= 15 is 0 Å². The van der Waals surface area contributed by atoms with Gasteiger partial charge >= 0.3 is 0 Å². The van der Waals surface area contributed by atoms with Crippen LogP contribution in [0, 0.1) is 0 Å². The number of nitrogens with zero attached hydrogens (tertiary/aromatic N) is 1. The van der Waals surface area contributed by atoms with Crippen LogP contribution in [0.4, 0.5) is 0 Å². The van der Waals surface area contributed by atoms with Crippen LogP contribution in [0.2, 0.25) is 0 Å². The maximum Gasteiger partial charge on any atom is 0.161 e. The third-order valence-corrected chi connectivity index (χ3v) is 2.92.